The fourth-order valence-corrected chi connectivity index (χ4v) is 2.59. The second kappa shape index (κ2) is 7.13. The monoisotopic (exact) mass is 316 g/mol. The highest BCUT2D eigenvalue weighted by Crippen LogP contribution is 2.21. The third-order valence-electron chi connectivity index (χ3n) is 4.14. The zero-order chi connectivity index (χ0) is 14.9. The van der Waals surface area contributed by atoms with Crippen molar-refractivity contribution in [3.63, 3.8) is 0 Å². The van der Waals surface area contributed by atoms with Crippen molar-refractivity contribution in [1.29, 1.82) is 0 Å². The highest BCUT2D eigenvalue weighted by Gasteiger charge is 2.28. The molecule has 1 aromatic rings. The van der Waals surface area contributed by atoms with Gasteiger partial charge in [0.15, 0.2) is 12.4 Å². The number of aromatic nitrogens is 2. The van der Waals surface area contributed by atoms with E-state index in [0.29, 0.717) is 6.04 Å². The lowest BCUT2D eigenvalue weighted by molar-refractivity contribution is -0.137. The number of piperazine rings is 1. The molecule has 2 unspecified atom stereocenters. The van der Waals surface area contributed by atoms with Gasteiger partial charge in [-0.1, -0.05) is 0 Å². The van der Waals surface area contributed by atoms with Crippen LogP contribution in [0.2, 0.25) is 0 Å². The summed E-state index contributed by atoms with van der Waals surface area (Å²) in [4.78, 5) is 14.2. The number of ether oxygens (including phenoxy) is 1. The number of carbonyl (C=O) groups is 1. The molecule has 1 amide bonds. The number of nitrogens with zero attached hydrogens (tertiary/aromatic N) is 3. The van der Waals surface area contributed by atoms with Gasteiger partial charge in [0.05, 0.1) is 5.69 Å². The van der Waals surface area contributed by atoms with Crippen molar-refractivity contribution in [2.45, 2.75) is 39.8 Å². The molecule has 0 saturated carbocycles. The number of halogens is 1. The Morgan fingerprint density at radius 2 is 2.10 bits per heavy atom. The van der Waals surface area contributed by atoms with Gasteiger partial charge >= 0.3 is 0 Å². The van der Waals surface area contributed by atoms with Gasteiger partial charge < -0.3 is 15.0 Å². The average molecular weight is 317 g/mol. The second-order valence-electron chi connectivity index (χ2n) is 5.48. The van der Waals surface area contributed by atoms with E-state index < -0.39 is 0 Å². The molecule has 0 aliphatic carbocycles. The fourth-order valence-electron chi connectivity index (χ4n) is 2.59. The quantitative estimate of drug-likeness (QED) is 0.905. The lowest BCUT2D eigenvalue weighted by Gasteiger charge is -2.38. The fraction of sp³-hybridized carbons (Fsp3) is 0.714. The summed E-state index contributed by atoms with van der Waals surface area (Å²) in [5, 5.41) is 7.65. The Hall–Kier alpha value is -1.27. The zero-order valence-electron chi connectivity index (χ0n) is 13.3. The van der Waals surface area contributed by atoms with Crippen LogP contribution in [0.4, 0.5) is 0 Å². The number of carbonyl (C=O) groups excluding carboxylic acids is 1. The summed E-state index contributed by atoms with van der Waals surface area (Å²) in [5.74, 6) is 0.755. The van der Waals surface area contributed by atoms with E-state index in [4.69, 9.17) is 4.74 Å². The average Bonchev–Trinajstić information content (AvgIpc) is 2.64. The van der Waals surface area contributed by atoms with E-state index in [1.165, 1.54) is 0 Å². The van der Waals surface area contributed by atoms with Crippen LogP contribution >= 0.6 is 12.4 Å². The first-order valence-electron chi connectivity index (χ1n) is 7.07. The molecule has 1 aromatic heterocycles. The van der Waals surface area contributed by atoms with Crippen LogP contribution in [0.3, 0.4) is 0 Å². The van der Waals surface area contributed by atoms with Gasteiger partial charge in [0.1, 0.15) is 5.69 Å². The zero-order valence-corrected chi connectivity index (χ0v) is 14.2. The maximum atomic E-state index is 12.3. The summed E-state index contributed by atoms with van der Waals surface area (Å²) in [7, 11) is 1.87. The molecule has 120 valence electrons. The van der Waals surface area contributed by atoms with E-state index in [2.05, 4.69) is 24.3 Å². The number of aryl methyl sites for hydroxylation is 2. The first-order chi connectivity index (χ1) is 9.41. The third-order valence-corrected chi connectivity index (χ3v) is 4.14. The normalized spacial score (nSPS) is 21.9. The Labute approximate surface area is 132 Å². The minimum atomic E-state index is 0. The lowest BCUT2D eigenvalue weighted by atomic mass is 10.1. The molecule has 1 N–H and O–H groups in total. The number of hydrogen-bond acceptors (Lipinski definition) is 4. The van der Waals surface area contributed by atoms with E-state index in [9.17, 15) is 4.79 Å². The minimum Gasteiger partial charge on any atom is -0.480 e. The van der Waals surface area contributed by atoms with Gasteiger partial charge in [0.25, 0.3) is 5.91 Å². The number of nitrogens with one attached hydrogen (secondary N) is 1. The molecule has 21 heavy (non-hydrogen) atoms. The summed E-state index contributed by atoms with van der Waals surface area (Å²) in [6, 6.07) is 0.505. The van der Waals surface area contributed by atoms with Gasteiger partial charge in [0, 0.05) is 32.2 Å². The maximum absolute atomic E-state index is 12.3. The molecule has 0 bridgehead atoms. The molecule has 1 saturated heterocycles. The van der Waals surface area contributed by atoms with Gasteiger partial charge in [-0.2, -0.15) is 5.10 Å². The van der Waals surface area contributed by atoms with Crippen LogP contribution < -0.4 is 10.1 Å². The lowest BCUT2D eigenvalue weighted by Crippen LogP contribution is -2.58. The van der Waals surface area contributed by atoms with Crippen molar-refractivity contribution in [1.82, 2.24) is 20.0 Å². The van der Waals surface area contributed by atoms with E-state index in [1.54, 1.807) is 4.68 Å². The summed E-state index contributed by atoms with van der Waals surface area (Å²) in [5.41, 5.74) is 1.76. The maximum Gasteiger partial charge on any atom is 0.260 e. The molecular weight excluding hydrogens is 292 g/mol. The van der Waals surface area contributed by atoms with Crippen molar-refractivity contribution in [2.75, 3.05) is 19.7 Å². The topological polar surface area (TPSA) is 59.4 Å². The van der Waals surface area contributed by atoms with Crippen LogP contribution in [0.15, 0.2) is 0 Å². The first-order valence-corrected chi connectivity index (χ1v) is 7.07. The molecule has 2 atom stereocenters. The SMILES string of the molecule is Cc1nn(C)c(C)c1OCC(=O)N1CCNC(C)C1C.Cl. The Balaban J connectivity index is 0.00000220. The minimum absolute atomic E-state index is 0. The van der Waals surface area contributed by atoms with Crippen molar-refractivity contribution in [3.05, 3.63) is 11.4 Å². The Morgan fingerprint density at radius 1 is 1.43 bits per heavy atom. The molecule has 1 aliphatic heterocycles. The molecule has 1 aliphatic rings. The van der Waals surface area contributed by atoms with E-state index in [1.807, 2.05) is 25.8 Å². The number of amides is 1. The molecule has 6 nitrogen and oxygen atoms in total. The van der Waals surface area contributed by atoms with Crippen LogP contribution in [0.1, 0.15) is 25.2 Å². The smallest absolute Gasteiger partial charge is 0.260 e. The summed E-state index contributed by atoms with van der Waals surface area (Å²) < 4.78 is 7.46. The molecule has 2 rings (SSSR count). The van der Waals surface area contributed by atoms with Gasteiger partial charge in [-0.3, -0.25) is 9.48 Å². The van der Waals surface area contributed by atoms with Crippen LogP contribution in [0, 0.1) is 13.8 Å². The van der Waals surface area contributed by atoms with Gasteiger partial charge in [-0.25, -0.2) is 0 Å². The van der Waals surface area contributed by atoms with Crippen LogP contribution in [-0.4, -0.2) is 52.4 Å². The van der Waals surface area contributed by atoms with Crippen molar-refractivity contribution in [2.24, 2.45) is 7.05 Å². The highest BCUT2D eigenvalue weighted by molar-refractivity contribution is 5.85. The van der Waals surface area contributed by atoms with E-state index >= 15 is 0 Å². The second-order valence-corrected chi connectivity index (χ2v) is 5.48. The summed E-state index contributed by atoms with van der Waals surface area (Å²) >= 11 is 0. The summed E-state index contributed by atoms with van der Waals surface area (Å²) in [6.07, 6.45) is 0. The van der Waals surface area contributed by atoms with Crippen molar-refractivity contribution in [3.8, 4) is 5.75 Å². The van der Waals surface area contributed by atoms with Crippen LogP contribution in [-0.2, 0) is 11.8 Å². The van der Waals surface area contributed by atoms with E-state index in [0.717, 1.165) is 30.2 Å². The molecule has 7 heteroatoms. The van der Waals surface area contributed by atoms with Crippen molar-refractivity contribution >= 4 is 18.3 Å². The van der Waals surface area contributed by atoms with Crippen LogP contribution in [0.25, 0.3) is 0 Å². The highest BCUT2D eigenvalue weighted by atomic mass is 35.5. The van der Waals surface area contributed by atoms with Gasteiger partial charge in [0.2, 0.25) is 0 Å². The largest absolute Gasteiger partial charge is 0.480 e. The molecule has 0 aromatic carbocycles. The number of rotatable bonds is 3. The Morgan fingerprint density at radius 3 is 2.67 bits per heavy atom. The van der Waals surface area contributed by atoms with E-state index in [-0.39, 0.29) is 31.0 Å². The molecule has 2 heterocycles. The first kappa shape index (κ1) is 17.8. The van der Waals surface area contributed by atoms with Crippen LogP contribution in [0.5, 0.6) is 5.75 Å². The predicted octanol–water partition coefficient (Wildman–Crippen LogP) is 1.05. The standard InChI is InChI=1S/C14H24N4O2.ClH/c1-9-11(3)18(7-6-15-9)13(19)8-20-14-10(2)16-17(5)12(14)4;/h9,11,15H,6-8H2,1-5H3;1H. The van der Waals surface area contributed by atoms with Gasteiger partial charge in [-0.05, 0) is 27.7 Å². The molecule has 0 radical (unpaired) electrons. The molecule has 1 fully saturated rings. The third kappa shape index (κ3) is 3.68. The summed E-state index contributed by atoms with van der Waals surface area (Å²) in [6.45, 7) is 9.64. The number of hydrogen-bond donors (Lipinski definition) is 1. The van der Waals surface area contributed by atoms with Gasteiger partial charge in [-0.15, -0.1) is 12.4 Å². The molecular formula is C14H25ClN4O2. The molecule has 0 spiro atoms. The Bertz CT molecular complexity index is 503. The van der Waals surface area contributed by atoms with Crippen molar-refractivity contribution < 1.29 is 9.53 Å². The Kier molecular flexibility index (Phi) is 6.04. The predicted molar refractivity (Wildman–Crippen MR) is 84.1 cm³/mol.